The minimum Gasteiger partial charge on any atom is -0.373 e. The van der Waals surface area contributed by atoms with Crippen molar-refractivity contribution >= 4 is 0 Å². The van der Waals surface area contributed by atoms with E-state index in [1.54, 1.807) is 0 Å². The molecule has 0 amide bonds. The van der Waals surface area contributed by atoms with Crippen LogP contribution in [0.2, 0.25) is 0 Å². The van der Waals surface area contributed by atoms with Crippen molar-refractivity contribution in [2.24, 2.45) is 5.92 Å². The first-order chi connectivity index (χ1) is 8.06. The fourth-order valence-corrected chi connectivity index (χ4v) is 2.85. The SMILES string of the molecule is CC1CN(C(CNC2CC2)C(C)C)CC(C)O1. The number of nitrogens with one attached hydrogen (secondary N) is 1. The van der Waals surface area contributed by atoms with Crippen LogP contribution < -0.4 is 5.32 Å². The van der Waals surface area contributed by atoms with E-state index in [0.717, 1.165) is 25.7 Å². The van der Waals surface area contributed by atoms with Crippen LogP contribution in [0.1, 0.15) is 40.5 Å². The monoisotopic (exact) mass is 240 g/mol. The molecule has 1 aliphatic heterocycles. The quantitative estimate of drug-likeness (QED) is 0.794. The number of nitrogens with zero attached hydrogens (tertiary/aromatic N) is 1. The van der Waals surface area contributed by atoms with Gasteiger partial charge in [0.15, 0.2) is 0 Å². The molecule has 2 fully saturated rings. The van der Waals surface area contributed by atoms with Crippen molar-refractivity contribution in [2.45, 2.75) is 64.8 Å². The van der Waals surface area contributed by atoms with Gasteiger partial charge in [0.25, 0.3) is 0 Å². The molecule has 2 rings (SSSR count). The van der Waals surface area contributed by atoms with E-state index in [0.29, 0.717) is 24.2 Å². The lowest BCUT2D eigenvalue weighted by molar-refractivity contribution is -0.0851. The summed E-state index contributed by atoms with van der Waals surface area (Å²) in [4.78, 5) is 2.62. The Morgan fingerprint density at radius 3 is 2.24 bits per heavy atom. The van der Waals surface area contributed by atoms with Gasteiger partial charge < -0.3 is 10.1 Å². The Bertz CT molecular complexity index is 230. The molecule has 1 heterocycles. The highest BCUT2D eigenvalue weighted by Gasteiger charge is 2.31. The third-order valence-corrected chi connectivity index (χ3v) is 3.88. The molecule has 1 N–H and O–H groups in total. The molecule has 0 radical (unpaired) electrons. The van der Waals surface area contributed by atoms with Crippen LogP contribution in [0.25, 0.3) is 0 Å². The van der Waals surface area contributed by atoms with Crippen molar-refractivity contribution in [3.8, 4) is 0 Å². The predicted molar refractivity (Wildman–Crippen MR) is 71.2 cm³/mol. The van der Waals surface area contributed by atoms with Gasteiger partial charge in [-0.15, -0.1) is 0 Å². The molecule has 1 saturated heterocycles. The van der Waals surface area contributed by atoms with Gasteiger partial charge in [-0.25, -0.2) is 0 Å². The lowest BCUT2D eigenvalue weighted by Crippen LogP contribution is -2.54. The fourth-order valence-electron chi connectivity index (χ4n) is 2.85. The number of morpholine rings is 1. The van der Waals surface area contributed by atoms with Crippen LogP contribution in [0.3, 0.4) is 0 Å². The van der Waals surface area contributed by atoms with Crippen molar-refractivity contribution in [1.29, 1.82) is 0 Å². The minimum absolute atomic E-state index is 0.376. The second-order valence-electron chi connectivity index (χ2n) is 6.21. The molecule has 100 valence electrons. The summed E-state index contributed by atoms with van der Waals surface area (Å²) in [6.07, 6.45) is 3.50. The maximum absolute atomic E-state index is 5.82. The molecular weight excluding hydrogens is 212 g/mol. The normalized spacial score (nSPS) is 33.0. The summed E-state index contributed by atoms with van der Waals surface area (Å²) in [6.45, 7) is 12.4. The minimum atomic E-state index is 0.376. The summed E-state index contributed by atoms with van der Waals surface area (Å²) in [7, 11) is 0. The Hall–Kier alpha value is -0.120. The first-order valence-corrected chi connectivity index (χ1v) is 7.19. The third kappa shape index (κ3) is 3.94. The van der Waals surface area contributed by atoms with E-state index in [1.807, 2.05) is 0 Å². The Labute approximate surface area is 106 Å². The molecule has 17 heavy (non-hydrogen) atoms. The zero-order valence-corrected chi connectivity index (χ0v) is 11.8. The van der Waals surface area contributed by atoms with E-state index in [4.69, 9.17) is 4.74 Å². The van der Waals surface area contributed by atoms with Gasteiger partial charge >= 0.3 is 0 Å². The fraction of sp³-hybridized carbons (Fsp3) is 1.00. The Morgan fingerprint density at radius 2 is 1.76 bits per heavy atom. The molecule has 3 nitrogen and oxygen atoms in total. The molecule has 1 aliphatic carbocycles. The Balaban J connectivity index is 1.88. The van der Waals surface area contributed by atoms with Crippen LogP contribution >= 0.6 is 0 Å². The van der Waals surface area contributed by atoms with Crippen LogP contribution in [-0.4, -0.2) is 48.8 Å². The maximum Gasteiger partial charge on any atom is 0.0678 e. The van der Waals surface area contributed by atoms with Crippen molar-refractivity contribution in [3.05, 3.63) is 0 Å². The second kappa shape index (κ2) is 5.68. The maximum atomic E-state index is 5.82. The average molecular weight is 240 g/mol. The molecule has 0 aromatic heterocycles. The largest absolute Gasteiger partial charge is 0.373 e. The second-order valence-corrected chi connectivity index (χ2v) is 6.21. The zero-order chi connectivity index (χ0) is 12.4. The lowest BCUT2D eigenvalue weighted by Gasteiger charge is -2.42. The molecule has 3 heteroatoms. The van der Waals surface area contributed by atoms with E-state index in [2.05, 4.69) is 37.9 Å². The molecule has 1 saturated carbocycles. The highest BCUT2D eigenvalue weighted by atomic mass is 16.5. The van der Waals surface area contributed by atoms with Crippen LogP contribution in [0.4, 0.5) is 0 Å². The average Bonchev–Trinajstić information content (AvgIpc) is 2.99. The van der Waals surface area contributed by atoms with E-state index in [-0.39, 0.29) is 0 Å². The number of hydrogen-bond donors (Lipinski definition) is 1. The summed E-state index contributed by atoms with van der Waals surface area (Å²) >= 11 is 0. The molecular formula is C14H28N2O. The van der Waals surface area contributed by atoms with Gasteiger partial charge in [0, 0.05) is 31.7 Å². The number of hydrogen-bond acceptors (Lipinski definition) is 3. The van der Waals surface area contributed by atoms with Gasteiger partial charge in [0.2, 0.25) is 0 Å². The Kier molecular flexibility index (Phi) is 4.45. The standard InChI is InChI=1S/C14H28N2O/c1-10(2)14(7-15-13-5-6-13)16-8-11(3)17-12(4)9-16/h10-15H,5-9H2,1-4H3. The van der Waals surface area contributed by atoms with Gasteiger partial charge in [-0.2, -0.15) is 0 Å². The topological polar surface area (TPSA) is 24.5 Å². The van der Waals surface area contributed by atoms with Crippen molar-refractivity contribution in [2.75, 3.05) is 19.6 Å². The highest BCUT2D eigenvalue weighted by molar-refractivity contribution is 4.87. The molecule has 0 bridgehead atoms. The van der Waals surface area contributed by atoms with E-state index < -0.39 is 0 Å². The van der Waals surface area contributed by atoms with E-state index in [9.17, 15) is 0 Å². The predicted octanol–water partition coefficient (Wildman–Crippen LogP) is 1.87. The first-order valence-electron chi connectivity index (χ1n) is 7.19. The summed E-state index contributed by atoms with van der Waals surface area (Å²) in [5.41, 5.74) is 0. The van der Waals surface area contributed by atoms with Gasteiger partial charge in [-0.1, -0.05) is 13.8 Å². The molecule has 3 atom stereocenters. The summed E-state index contributed by atoms with van der Waals surface area (Å²) in [6, 6.07) is 1.47. The summed E-state index contributed by atoms with van der Waals surface area (Å²) < 4.78 is 5.82. The molecule has 0 aromatic rings. The Morgan fingerprint density at radius 1 is 1.18 bits per heavy atom. The molecule has 2 aliphatic rings. The van der Waals surface area contributed by atoms with Crippen LogP contribution in [0.15, 0.2) is 0 Å². The van der Waals surface area contributed by atoms with Crippen LogP contribution in [0, 0.1) is 5.92 Å². The van der Waals surface area contributed by atoms with Crippen LogP contribution in [0.5, 0.6) is 0 Å². The number of ether oxygens (including phenoxy) is 1. The highest BCUT2D eigenvalue weighted by Crippen LogP contribution is 2.21. The number of rotatable bonds is 5. The first kappa shape index (κ1) is 13.3. The smallest absolute Gasteiger partial charge is 0.0678 e. The van der Waals surface area contributed by atoms with Gasteiger partial charge in [0.05, 0.1) is 12.2 Å². The lowest BCUT2D eigenvalue weighted by atomic mass is 10.0. The van der Waals surface area contributed by atoms with Gasteiger partial charge in [-0.3, -0.25) is 4.90 Å². The van der Waals surface area contributed by atoms with Gasteiger partial charge in [0.1, 0.15) is 0 Å². The summed E-state index contributed by atoms with van der Waals surface area (Å²) in [5, 5.41) is 3.68. The van der Waals surface area contributed by atoms with E-state index in [1.165, 1.54) is 12.8 Å². The van der Waals surface area contributed by atoms with E-state index >= 15 is 0 Å². The van der Waals surface area contributed by atoms with Crippen molar-refractivity contribution in [1.82, 2.24) is 10.2 Å². The molecule has 0 spiro atoms. The molecule has 0 aromatic carbocycles. The van der Waals surface area contributed by atoms with Crippen LogP contribution in [-0.2, 0) is 4.74 Å². The zero-order valence-electron chi connectivity index (χ0n) is 11.8. The van der Waals surface area contributed by atoms with Gasteiger partial charge in [-0.05, 0) is 32.6 Å². The van der Waals surface area contributed by atoms with Crippen molar-refractivity contribution in [3.63, 3.8) is 0 Å². The third-order valence-electron chi connectivity index (χ3n) is 3.88. The van der Waals surface area contributed by atoms with Crippen molar-refractivity contribution < 1.29 is 4.74 Å². The summed E-state index contributed by atoms with van der Waals surface area (Å²) in [5.74, 6) is 0.707. The molecule has 3 unspecified atom stereocenters.